The van der Waals surface area contributed by atoms with Crippen LogP contribution in [0.15, 0.2) is 48.7 Å². The van der Waals surface area contributed by atoms with Crippen LogP contribution in [0.1, 0.15) is 52.9 Å². The van der Waals surface area contributed by atoms with E-state index >= 15 is 4.39 Å². The number of aliphatic hydroxyl groups excluding tert-OH is 1. The van der Waals surface area contributed by atoms with Gasteiger partial charge in [0.1, 0.15) is 11.9 Å². The zero-order valence-electron chi connectivity index (χ0n) is 22.0. The molecule has 2 aromatic carbocycles. The predicted molar refractivity (Wildman–Crippen MR) is 143 cm³/mol. The van der Waals surface area contributed by atoms with E-state index in [0.717, 1.165) is 24.0 Å². The van der Waals surface area contributed by atoms with E-state index in [0.29, 0.717) is 30.4 Å². The summed E-state index contributed by atoms with van der Waals surface area (Å²) in [5, 5.41) is 16.0. The molecular weight excluding hydrogens is 501 g/mol. The maximum absolute atomic E-state index is 15.8. The zero-order chi connectivity index (χ0) is 27.5. The van der Waals surface area contributed by atoms with E-state index in [1.165, 1.54) is 4.90 Å². The van der Waals surface area contributed by atoms with Crippen LogP contribution in [0.25, 0.3) is 11.3 Å². The molecule has 1 aromatic heterocycles. The third kappa shape index (κ3) is 5.62. The Morgan fingerprint density at radius 1 is 1.23 bits per heavy atom. The number of aryl methyl sites for hydroxylation is 1. The first kappa shape index (κ1) is 26.7. The van der Waals surface area contributed by atoms with Crippen molar-refractivity contribution in [3.63, 3.8) is 0 Å². The second kappa shape index (κ2) is 11.5. The molecule has 5 rings (SSSR count). The van der Waals surface area contributed by atoms with Gasteiger partial charge in [0.2, 0.25) is 11.9 Å². The van der Waals surface area contributed by atoms with Crippen LogP contribution in [-0.2, 0) is 16.1 Å². The first-order valence-electron chi connectivity index (χ1n) is 13.1. The Morgan fingerprint density at radius 3 is 2.77 bits per heavy atom. The molecule has 0 bridgehead atoms. The summed E-state index contributed by atoms with van der Waals surface area (Å²) in [4.78, 5) is 36.5. The minimum absolute atomic E-state index is 0.0536. The first-order valence-corrected chi connectivity index (χ1v) is 13.1. The predicted octanol–water partition coefficient (Wildman–Crippen LogP) is 3.38. The molecule has 9 nitrogen and oxygen atoms in total. The van der Waals surface area contributed by atoms with Crippen LogP contribution in [0.2, 0.25) is 0 Å². The summed E-state index contributed by atoms with van der Waals surface area (Å²) in [5.41, 5.74) is 2.77. The van der Waals surface area contributed by atoms with Crippen molar-refractivity contribution in [1.29, 1.82) is 0 Å². The van der Waals surface area contributed by atoms with Gasteiger partial charge in [0.05, 0.1) is 23.9 Å². The van der Waals surface area contributed by atoms with Crippen molar-refractivity contribution in [2.45, 2.75) is 51.4 Å². The molecule has 3 N–H and O–H groups in total. The van der Waals surface area contributed by atoms with Crippen LogP contribution in [-0.4, -0.2) is 63.7 Å². The largest absolute Gasteiger partial charge is 0.394 e. The minimum atomic E-state index is -0.874. The number of ether oxygens (including phenoxy) is 1. The van der Waals surface area contributed by atoms with Gasteiger partial charge in [-0.1, -0.05) is 35.9 Å². The van der Waals surface area contributed by atoms with E-state index < -0.39 is 29.7 Å². The lowest BCUT2D eigenvalue weighted by molar-refractivity contribution is -0.126. The van der Waals surface area contributed by atoms with Gasteiger partial charge in [-0.15, -0.1) is 0 Å². The highest BCUT2D eigenvalue weighted by Crippen LogP contribution is 2.33. The molecule has 0 saturated carbocycles. The summed E-state index contributed by atoms with van der Waals surface area (Å²) >= 11 is 0. The van der Waals surface area contributed by atoms with Crippen molar-refractivity contribution in [3.8, 4) is 11.3 Å². The van der Waals surface area contributed by atoms with Crippen LogP contribution in [0.3, 0.4) is 0 Å². The number of carbonyl (C=O) groups excluding carboxylic acids is 2. The number of nitrogens with zero attached hydrogens (tertiary/aromatic N) is 3. The van der Waals surface area contributed by atoms with Crippen molar-refractivity contribution in [1.82, 2.24) is 20.2 Å². The third-order valence-electron chi connectivity index (χ3n) is 7.32. The second-order valence-electron chi connectivity index (χ2n) is 10.0. The molecular formula is C29H32FN5O4. The lowest BCUT2D eigenvalue weighted by Gasteiger charge is -2.26. The van der Waals surface area contributed by atoms with Crippen LogP contribution in [0.5, 0.6) is 0 Å². The smallest absolute Gasteiger partial charge is 0.258 e. The van der Waals surface area contributed by atoms with Crippen molar-refractivity contribution >= 4 is 17.8 Å². The Hall–Kier alpha value is -3.89. The van der Waals surface area contributed by atoms with Gasteiger partial charge >= 0.3 is 0 Å². The Balaban J connectivity index is 1.32. The lowest BCUT2D eigenvalue weighted by atomic mass is 10.0. The van der Waals surface area contributed by atoms with Gasteiger partial charge < -0.3 is 25.4 Å². The maximum Gasteiger partial charge on any atom is 0.258 e. The molecule has 1 fully saturated rings. The van der Waals surface area contributed by atoms with E-state index in [2.05, 4.69) is 20.6 Å². The van der Waals surface area contributed by atoms with Crippen LogP contribution in [0, 0.1) is 12.7 Å². The Morgan fingerprint density at radius 2 is 2.03 bits per heavy atom. The summed E-state index contributed by atoms with van der Waals surface area (Å²) in [7, 11) is 0. The molecule has 2 atom stereocenters. The molecule has 2 amide bonds. The minimum Gasteiger partial charge on any atom is -0.394 e. The molecule has 0 spiro atoms. The van der Waals surface area contributed by atoms with E-state index in [4.69, 9.17) is 4.74 Å². The van der Waals surface area contributed by atoms with Crippen molar-refractivity contribution in [3.05, 3.63) is 76.7 Å². The number of hydrogen-bond acceptors (Lipinski definition) is 7. The zero-order valence-corrected chi connectivity index (χ0v) is 22.0. The van der Waals surface area contributed by atoms with Crippen molar-refractivity contribution in [2.75, 3.05) is 25.1 Å². The Kier molecular flexibility index (Phi) is 7.85. The summed E-state index contributed by atoms with van der Waals surface area (Å²) in [6, 6.07) is 11.1. The van der Waals surface area contributed by atoms with Crippen molar-refractivity contribution < 1.29 is 23.8 Å². The topological polar surface area (TPSA) is 117 Å². The standard InChI is InChI=1S/C29H32FN5O4/c1-17-4-3-5-19(14-17)24(16-36)33-27(37)18(2)35-15-20-6-7-22(26(30)25(20)28(35)38)23-8-11-31-29(34-23)32-21-9-12-39-13-10-21/h3-8,11,14,18,21,24,36H,9-10,12-13,15-16H2,1-2H3,(H,33,37)(H,31,32,34). The monoisotopic (exact) mass is 533 g/mol. The van der Waals surface area contributed by atoms with Crippen LogP contribution in [0.4, 0.5) is 10.3 Å². The summed E-state index contributed by atoms with van der Waals surface area (Å²) in [5.74, 6) is -1.27. The quantitative estimate of drug-likeness (QED) is 0.407. The highest BCUT2D eigenvalue weighted by Gasteiger charge is 2.37. The average Bonchev–Trinajstić information content (AvgIpc) is 3.29. The van der Waals surface area contributed by atoms with Crippen LogP contribution >= 0.6 is 0 Å². The fraction of sp³-hybridized carbons (Fsp3) is 0.379. The van der Waals surface area contributed by atoms with Gasteiger partial charge in [-0.05, 0) is 49.9 Å². The molecule has 3 heterocycles. The van der Waals surface area contributed by atoms with Crippen molar-refractivity contribution in [2.24, 2.45) is 0 Å². The first-order chi connectivity index (χ1) is 18.9. The number of benzene rings is 2. The van der Waals surface area contributed by atoms with E-state index in [1.807, 2.05) is 31.2 Å². The molecule has 0 aliphatic carbocycles. The number of carbonyl (C=O) groups is 2. The molecule has 2 aliphatic heterocycles. The van der Waals surface area contributed by atoms with E-state index in [9.17, 15) is 14.7 Å². The highest BCUT2D eigenvalue weighted by molar-refractivity contribution is 6.02. The maximum atomic E-state index is 15.8. The summed E-state index contributed by atoms with van der Waals surface area (Å²) in [6.07, 6.45) is 3.23. The molecule has 0 radical (unpaired) electrons. The Labute approximate surface area is 226 Å². The van der Waals surface area contributed by atoms with Gasteiger partial charge in [0, 0.05) is 37.6 Å². The Bertz CT molecular complexity index is 1380. The average molecular weight is 534 g/mol. The lowest BCUT2D eigenvalue weighted by Crippen LogP contribution is -2.46. The van der Waals surface area contributed by atoms with E-state index in [1.54, 1.807) is 31.3 Å². The molecule has 1 saturated heterocycles. The number of hydrogen-bond donors (Lipinski definition) is 3. The fourth-order valence-corrected chi connectivity index (χ4v) is 5.05. The molecule has 3 aromatic rings. The van der Waals surface area contributed by atoms with Gasteiger partial charge in [0.15, 0.2) is 0 Å². The number of amides is 2. The SMILES string of the molecule is Cc1cccc(C(CO)NC(=O)C(C)N2Cc3ccc(-c4ccnc(NC5CCOCC5)n4)c(F)c3C2=O)c1. The number of fused-ring (bicyclic) bond motifs is 1. The molecule has 2 unspecified atom stereocenters. The number of rotatable bonds is 8. The molecule has 204 valence electrons. The number of aliphatic hydroxyl groups is 1. The summed E-state index contributed by atoms with van der Waals surface area (Å²) < 4.78 is 21.2. The van der Waals surface area contributed by atoms with Gasteiger partial charge in [-0.2, -0.15) is 0 Å². The third-order valence-corrected chi connectivity index (χ3v) is 7.32. The van der Waals surface area contributed by atoms with Gasteiger partial charge in [-0.25, -0.2) is 14.4 Å². The van der Waals surface area contributed by atoms with Crippen LogP contribution < -0.4 is 10.6 Å². The fourth-order valence-electron chi connectivity index (χ4n) is 5.05. The number of anilines is 1. The molecule has 10 heteroatoms. The number of nitrogens with one attached hydrogen (secondary N) is 2. The normalized spacial score (nSPS) is 17.0. The van der Waals surface area contributed by atoms with E-state index in [-0.39, 0.29) is 30.3 Å². The highest BCUT2D eigenvalue weighted by atomic mass is 19.1. The summed E-state index contributed by atoms with van der Waals surface area (Å²) in [6.45, 7) is 4.67. The number of aromatic nitrogens is 2. The molecule has 2 aliphatic rings. The molecule has 39 heavy (non-hydrogen) atoms. The van der Waals surface area contributed by atoms with Gasteiger partial charge in [0.25, 0.3) is 5.91 Å². The number of halogens is 1. The van der Waals surface area contributed by atoms with Gasteiger partial charge in [-0.3, -0.25) is 9.59 Å². The second-order valence-corrected chi connectivity index (χ2v) is 10.0.